The largest absolute Gasteiger partial charge is 0.460 e. The zero-order valence-electron chi connectivity index (χ0n) is 18.9. The molecule has 0 aliphatic rings. The number of hydrogen-bond acceptors (Lipinski definition) is 7. The van der Waals surface area contributed by atoms with E-state index in [2.05, 4.69) is 15.4 Å². The van der Waals surface area contributed by atoms with Crippen molar-refractivity contribution in [1.82, 2.24) is 0 Å². The molecule has 0 atom stereocenters. The Morgan fingerprint density at radius 1 is 0.758 bits per heavy atom. The average Bonchev–Trinajstić information content (AvgIpc) is 2.73. The third-order valence-electron chi connectivity index (χ3n) is 3.92. The number of amides is 2. The van der Waals surface area contributed by atoms with Crippen molar-refractivity contribution in [3.8, 4) is 0 Å². The van der Waals surface area contributed by atoms with Crippen LogP contribution in [0.25, 0.3) is 0 Å². The van der Waals surface area contributed by atoms with E-state index in [0.29, 0.717) is 16.9 Å². The second-order valence-electron chi connectivity index (χ2n) is 6.82. The number of benzene rings is 2. The van der Waals surface area contributed by atoms with E-state index in [1.165, 1.54) is 32.9 Å². The van der Waals surface area contributed by atoms with Gasteiger partial charge in [-0.05, 0) is 38.1 Å². The van der Waals surface area contributed by atoms with E-state index in [-0.39, 0.29) is 29.8 Å². The highest BCUT2D eigenvalue weighted by molar-refractivity contribution is 6.38. The molecule has 0 aliphatic heterocycles. The molecular weight excluding hydrogens is 428 g/mol. The zero-order chi connectivity index (χ0) is 25.0. The van der Waals surface area contributed by atoms with Gasteiger partial charge < -0.3 is 15.4 Å². The minimum atomic E-state index is -1.01. The van der Waals surface area contributed by atoms with Crippen molar-refractivity contribution in [2.45, 2.75) is 34.1 Å². The Kier molecular flexibility index (Phi) is 10.8. The Morgan fingerprint density at radius 3 is 1.70 bits per heavy atom. The van der Waals surface area contributed by atoms with Crippen LogP contribution in [0.4, 0.5) is 11.4 Å². The first kappa shape index (κ1) is 26.9. The molecule has 2 amide bonds. The maximum absolute atomic E-state index is 11.9. The monoisotopic (exact) mass is 454 g/mol. The highest BCUT2D eigenvalue weighted by Crippen LogP contribution is 2.13. The molecule has 0 unspecified atom stereocenters. The lowest BCUT2D eigenvalue weighted by molar-refractivity contribution is -0.153. The van der Waals surface area contributed by atoms with Gasteiger partial charge in [0.2, 0.25) is 17.6 Å². The van der Waals surface area contributed by atoms with Crippen molar-refractivity contribution in [3.63, 3.8) is 0 Å². The quantitative estimate of drug-likeness (QED) is 0.271. The Labute approximate surface area is 191 Å². The van der Waals surface area contributed by atoms with Crippen LogP contribution in [-0.2, 0) is 23.9 Å². The normalized spacial score (nSPS) is 9.58. The summed E-state index contributed by atoms with van der Waals surface area (Å²) in [6, 6.07) is 13.0. The second-order valence-corrected chi connectivity index (χ2v) is 6.82. The van der Waals surface area contributed by atoms with Crippen LogP contribution in [0.2, 0.25) is 0 Å². The van der Waals surface area contributed by atoms with Gasteiger partial charge in [-0.2, -0.15) is 0 Å². The maximum atomic E-state index is 11.9. The lowest BCUT2D eigenvalue weighted by atomic mass is 10.1. The van der Waals surface area contributed by atoms with Crippen molar-refractivity contribution in [3.05, 3.63) is 59.7 Å². The highest BCUT2D eigenvalue weighted by Gasteiger charge is 2.20. The molecule has 0 saturated carbocycles. The fraction of sp³-hybridized carbons (Fsp3) is 0.250. The number of ether oxygens (including phenoxy) is 1. The van der Waals surface area contributed by atoms with Gasteiger partial charge in [-0.3, -0.25) is 24.0 Å². The summed E-state index contributed by atoms with van der Waals surface area (Å²) in [5, 5.41) is 5.14. The van der Waals surface area contributed by atoms with Gasteiger partial charge in [0.25, 0.3) is 0 Å². The number of hydrogen-bond donors (Lipinski definition) is 2. The molecule has 2 N–H and O–H groups in total. The van der Waals surface area contributed by atoms with Crippen LogP contribution in [0.1, 0.15) is 54.8 Å². The molecule has 2 aromatic rings. The SMILES string of the molecule is CC(=O)Nc1cccc(C(C)=O)c1.CCOC(=O)C(=O)CC(=O)c1cccc(NC(C)=O)c1. The van der Waals surface area contributed by atoms with Crippen molar-refractivity contribution in [2.75, 3.05) is 17.2 Å². The highest BCUT2D eigenvalue weighted by atomic mass is 16.5. The van der Waals surface area contributed by atoms with E-state index in [4.69, 9.17) is 0 Å². The molecule has 0 fully saturated rings. The van der Waals surface area contributed by atoms with Crippen LogP contribution < -0.4 is 10.6 Å². The fourth-order valence-electron chi connectivity index (χ4n) is 2.52. The Hall–Kier alpha value is -4.14. The Morgan fingerprint density at radius 2 is 1.24 bits per heavy atom. The summed E-state index contributed by atoms with van der Waals surface area (Å²) < 4.78 is 4.52. The molecule has 0 heterocycles. The van der Waals surface area contributed by atoms with Crippen LogP contribution in [-0.4, -0.2) is 41.7 Å². The van der Waals surface area contributed by atoms with Crippen molar-refractivity contribution in [2.24, 2.45) is 0 Å². The number of anilines is 2. The minimum absolute atomic E-state index is 0.00722. The molecule has 33 heavy (non-hydrogen) atoms. The summed E-state index contributed by atoms with van der Waals surface area (Å²) in [6.07, 6.45) is -0.553. The lowest BCUT2D eigenvalue weighted by Gasteiger charge is -2.05. The van der Waals surface area contributed by atoms with Gasteiger partial charge in [0, 0.05) is 36.3 Å². The van der Waals surface area contributed by atoms with E-state index < -0.39 is 24.0 Å². The van der Waals surface area contributed by atoms with Crippen molar-refractivity contribution >= 4 is 46.5 Å². The standard InChI is InChI=1S/C14H15NO5.C10H11NO2/c1-3-20-14(19)13(18)8-12(17)10-5-4-6-11(7-10)15-9(2)16;1-7(12)9-4-3-5-10(6-9)11-8(2)13/h4-7H,3,8H2,1-2H3,(H,15,16);3-6H,1-2H3,(H,11,13). The summed E-state index contributed by atoms with van der Waals surface area (Å²) in [6.45, 7) is 5.92. The Bertz CT molecular complexity index is 1060. The van der Waals surface area contributed by atoms with Gasteiger partial charge in [-0.25, -0.2) is 4.79 Å². The molecule has 2 aromatic carbocycles. The average molecular weight is 454 g/mol. The first-order valence-electron chi connectivity index (χ1n) is 10.0. The number of carbonyl (C=O) groups excluding carboxylic acids is 6. The Balaban J connectivity index is 0.000000361. The summed E-state index contributed by atoms with van der Waals surface area (Å²) in [4.78, 5) is 67.0. The van der Waals surface area contributed by atoms with E-state index in [1.807, 2.05) is 0 Å². The first-order valence-corrected chi connectivity index (χ1v) is 10.0. The van der Waals surface area contributed by atoms with E-state index in [0.717, 1.165) is 0 Å². The summed E-state index contributed by atoms with van der Waals surface area (Å²) in [5.41, 5.74) is 1.95. The topological polar surface area (TPSA) is 136 Å². The van der Waals surface area contributed by atoms with E-state index >= 15 is 0 Å². The molecule has 9 nitrogen and oxygen atoms in total. The van der Waals surface area contributed by atoms with Gasteiger partial charge in [-0.15, -0.1) is 0 Å². The van der Waals surface area contributed by atoms with Crippen LogP contribution in [0.3, 0.4) is 0 Å². The second kappa shape index (κ2) is 13.3. The van der Waals surface area contributed by atoms with E-state index in [1.54, 1.807) is 43.3 Å². The molecule has 0 aliphatic carbocycles. The predicted octanol–water partition coefficient (Wildman–Crippen LogP) is 3.20. The minimum Gasteiger partial charge on any atom is -0.460 e. The van der Waals surface area contributed by atoms with Gasteiger partial charge >= 0.3 is 5.97 Å². The first-order chi connectivity index (χ1) is 15.5. The van der Waals surface area contributed by atoms with Gasteiger partial charge in [-0.1, -0.05) is 24.3 Å². The predicted molar refractivity (Wildman–Crippen MR) is 122 cm³/mol. The molecule has 2 rings (SSSR count). The van der Waals surface area contributed by atoms with Crippen LogP contribution in [0, 0.1) is 0 Å². The van der Waals surface area contributed by atoms with Crippen LogP contribution in [0.5, 0.6) is 0 Å². The number of carbonyl (C=O) groups is 6. The maximum Gasteiger partial charge on any atom is 0.375 e. The lowest BCUT2D eigenvalue weighted by Crippen LogP contribution is -2.20. The van der Waals surface area contributed by atoms with Crippen molar-refractivity contribution in [1.29, 1.82) is 0 Å². The molecule has 0 saturated heterocycles. The molecule has 0 spiro atoms. The van der Waals surface area contributed by atoms with Crippen LogP contribution >= 0.6 is 0 Å². The van der Waals surface area contributed by atoms with E-state index in [9.17, 15) is 28.8 Å². The molecule has 174 valence electrons. The number of ketones is 3. The summed E-state index contributed by atoms with van der Waals surface area (Å²) in [5.74, 6) is -2.82. The number of rotatable bonds is 8. The third kappa shape index (κ3) is 10.1. The van der Waals surface area contributed by atoms with Gasteiger partial charge in [0.15, 0.2) is 11.6 Å². The summed E-state index contributed by atoms with van der Waals surface area (Å²) >= 11 is 0. The number of Topliss-reactive ketones (excluding diaryl/α,β-unsaturated/α-hetero) is 3. The molecule has 0 radical (unpaired) electrons. The summed E-state index contributed by atoms with van der Waals surface area (Å²) in [7, 11) is 0. The number of nitrogens with one attached hydrogen (secondary N) is 2. The molecule has 0 aromatic heterocycles. The van der Waals surface area contributed by atoms with Crippen molar-refractivity contribution < 1.29 is 33.5 Å². The van der Waals surface area contributed by atoms with Crippen LogP contribution in [0.15, 0.2) is 48.5 Å². The smallest absolute Gasteiger partial charge is 0.375 e. The third-order valence-corrected chi connectivity index (χ3v) is 3.92. The zero-order valence-corrected chi connectivity index (χ0v) is 18.9. The van der Waals surface area contributed by atoms with Gasteiger partial charge in [0.1, 0.15) is 0 Å². The molecule has 9 heteroatoms. The molecule has 0 bridgehead atoms. The fourth-order valence-corrected chi connectivity index (χ4v) is 2.52. The number of esters is 1. The van der Waals surface area contributed by atoms with Gasteiger partial charge in [0.05, 0.1) is 13.0 Å². The molecular formula is C24H26N2O7.